The van der Waals surface area contributed by atoms with Crippen molar-refractivity contribution in [2.24, 2.45) is 9.98 Å². The quantitative estimate of drug-likeness (QED) is 0.236. The van der Waals surface area contributed by atoms with Gasteiger partial charge < -0.3 is 29.6 Å². The number of aromatic nitrogens is 1. The Balaban J connectivity index is 1.23. The highest BCUT2D eigenvalue weighted by Crippen LogP contribution is 2.44. The molecule has 0 saturated heterocycles. The molecule has 4 heterocycles. The maximum Gasteiger partial charge on any atom is 0.160 e. The van der Waals surface area contributed by atoms with E-state index in [0.29, 0.717) is 11.7 Å². The maximum absolute atomic E-state index is 10.4. The van der Waals surface area contributed by atoms with Crippen molar-refractivity contribution in [2.45, 2.75) is 43.6 Å². The lowest BCUT2D eigenvalue weighted by molar-refractivity contribution is 0.372. The summed E-state index contributed by atoms with van der Waals surface area (Å²) in [6.07, 6.45) is 3.44. The molecular formula is C34H36N4O4. The van der Waals surface area contributed by atoms with Gasteiger partial charge in [-0.3, -0.25) is 9.98 Å². The van der Waals surface area contributed by atoms with Crippen molar-refractivity contribution in [2.75, 3.05) is 39.7 Å². The van der Waals surface area contributed by atoms with Crippen molar-refractivity contribution in [3.63, 3.8) is 0 Å². The Bertz CT molecular complexity index is 1720. The second kappa shape index (κ2) is 10.7. The molecule has 1 aromatic heterocycles. The van der Waals surface area contributed by atoms with Gasteiger partial charge in [-0.2, -0.15) is 0 Å². The van der Waals surface area contributed by atoms with Gasteiger partial charge in [0.2, 0.25) is 0 Å². The fourth-order valence-electron chi connectivity index (χ4n) is 6.99. The van der Waals surface area contributed by atoms with Crippen LogP contribution in [-0.2, 0) is 6.42 Å². The fourth-order valence-corrected chi connectivity index (χ4v) is 6.99. The Morgan fingerprint density at radius 2 is 1.74 bits per heavy atom. The number of hydrogen-bond donors (Lipinski definition) is 3. The summed E-state index contributed by atoms with van der Waals surface area (Å²) in [6, 6.07) is 18.4. The monoisotopic (exact) mass is 564 g/mol. The number of phenolic OH excluding ortho intramolecular Hbond substituents is 1. The van der Waals surface area contributed by atoms with E-state index in [0.717, 1.165) is 78.4 Å². The topological polar surface area (TPSA) is 100 Å². The smallest absolute Gasteiger partial charge is 0.160 e. The zero-order valence-electron chi connectivity index (χ0n) is 24.2. The standard InChI is InChI=1S/C34H36N4O4/c1-40-21-5-7-23-25-10-12-35-29(33(25)37-27(23)17-21)14-20(19-4-9-31(39)32(16-19)42-3)15-30-34-26(11-13-36-30)24-8-6-22(41-2)18-28(24)38-34/h4-9,16-18,20,25,33,37-39H,10-15H2,1-3H3. The van der Waals surface area contributed by atoms with Crippen LogP contribution in [0.2, 0.25) is 0 Å². The molecule has 3 unspecified atom stereocenters. The van der Waals surface area contributed by atoms with E-state index < -0.39 is 0 Å². The zero-order valence-corrected chi connectivity index (χ0v) is 24.2. The van der Waals surface area contributed by atoms with Crippen LogP contribution < -0.4 is 19.5 Å². The van der Waals surface area contributed by atoms with Crippen LogP contribution in [0.15, 0.2) is 64.6 Å². The van der Waals surface area contributed by atoms with Gasteiger partial charge >= 0.3 is 0 Å². The number of hydrogen-bond acceptors (Lipinski definition) is 7. The van der Waals surface area contributed by atoms with Crippen LogP contribution in [-0.4, -0.2) is 62.0 Å². The number of aromatic amines is 1. The molecule has 3 aromatic carbocycles. The number of benzene rings is 3. The van der Waals surface area contributed by atoms with Crippen LogP contribution in [0.4, 0.5) is 5.69 Å². The Morgan fingerprint density at radius 3 is 2.57 bits per heavy atom. The Labute approximate surface area is 245 Å². The van der Waals surface area contributed by atoms with E-state index in [9.17, 15) is 5.11 Å². The normalized spacial score (nSPS) is 19.6. The third kappa shape index (κ3) is 4.55. The van der Waals surface area contributed by atoms with Gasteiger partial charge in [0.25, 0.3) is 0 Å². The molecular weight excluding hydrogens is 528 g/mol. The molecule has 8 nitrogen and oxygen atoms in total. The molecule has 3 atom stereocenters. The summed E-state index contributed by atoms with van der Waals surface area (Å²) >= 11 is 0. The van der Waals surface area contributed by atoms with Gasteiger partial charge in [0, 0.05) is 53.4 Å². The summed E-state index contributed by atoms with van der Waals surface area (Å²) in [4.78, 5) is 13.8. The summed E-state index contributed by atoms with van der Waals surface area (Å²) in [5.74, 6) is 2.77. The average Bonchev–Trinajstić information content (AvgIpc) is 3.59. The van der Waals surface area contributed by atoms with E-state index in [-0.39, 0.29) is 17.7 Å². The van der Waals surface area contributed by atoms with E-state index in [2.05, 4.69) is 40.6 Å². The van der Waals surface area contributed by atoms with Gasteiger partial charge in [-0.25, -0.2) is 0 Å². The van der Waals surface area contributed by atoms with Gasteiger partial charge in [-0.1, -0.05) is 12.1 Å². The lowest BCUT2D eigenvalue weighted by Crippen LogP contribution is -2.35. The molecule has 0 aliphatic carbocycles. The fraction of sp³-hybridized carbons (Fsp3) is 0.353. The molecule has 42 heavy (non-hydrogen) atoms. The number of rotatable bonds is 8. The second-order valence-electron chi connectivity index (χ2n) is 11.3. The predicted molar refractivity (Wildman–Crippen MR) is 167 cm³/mol. The van der Waals surface area contributed by atoms with Gasteiger partial charge in [0.05, 0.1) is 38.8 Å². The number of fused-ring (bicyclic) bond motifs is 6. The predicted octanol–water partition coefficient (Wildman–Crippen LogP) is 6.23. The molecule has 3 aliphatic heterocycles. The van der Waals surface area contributed by atoms with Crippen molar-refractivity contribution in [3.8, 4) is 23.0 Å². The summed E-state index contributed by atoms with van der Waals surface area (Å²) in [5.41, 5.74) is 9.32. The molecule has 0 fully saturated rings. The van der Waals surface area contributed by atoms with Crippen LogP contribution in [0.5, 0.6) is 23.0 Å². The maximum atomic E-state index is 10.4. The highest BCUT2D eigenvalue weighted by atomic mass is 16.5. The molecule has 216 valence electrons. The van der Waals surface area contributed by atoms with Crippen molar-refractivity contribution in [1.29, 1.82) is 0 Å². The van der Waals surface area contributed by atoms with E-state index >= 15 is 0 Å². The van der Waals surface area contributed by atoms with Crippen molar-refractivity contribution in [3.05, 3.63) is 77.0 Å². The number of nitrogens with one attached hydrogen (secondary N) is 2. The van der Waals surface area contributed by atoms with Crippen molar-refractivity contribution >= 4 is 28.0 Å². The molecule has 3 N–H and O–H groups in total. The van der Waals surface area contributed by atoms with E-state index in [1.807, 2.05) is 18.2 Å². The largest absolute Gasteiger partial charge is 0.504 e. The first-order chi connectivity index (χ1) is 20.6. The zero-order chi connectivity index (χ0) is 28.8. The van der Waals surface area contributed by atoms with Gasteiger partial charge in [0.1, 0.15) is 11.5 Å². The minimum atomic E-state index is 0.0858. The van der Waals surface area contributed by atoms with E-state index in [4.69, 9.17) is 24.2 Å². The minimum absolute atomic E-state index is 0.0858. The van der Waals surface area contributed by atoms with Gasteiger partial charge in [-0.15, -0.1) is 0 Å². The highest BCUT2D eigenvalue weighted by Gasteiger charge is 2.38. The average molecular weight is 565 g/mol. The first-order valence-corrected chi connectivity index (χ1v) is 14.6. The highest BCUT2D eigenvalue weighted by molar-refractivity contribution is 6.07. The van der Waals surface area contributed by atoms with Crippen LogP contribution in [0.3, 0.4) is 0 Å². The SMILES string of the molecule is COc1ccc2c(c1)NC1C(CC(CC3=NCCc4c3[nH]c3cc(OC)ccc43)c3ccc(O)c(OC)c3)=NCCC21. The molecule has 3 aliphatic rings. The number of phenols is 1. The number of H-pyrrole nitrogens is 1. The Hall–Kier alpha value is -4.46. The van der Waals surface area contributed by atoms with E-state index in [1.54, 1.807) is 27.4 Å². The Morgan fingerprint density at radius 1 is 0.905 bits per heavy atom. The lowest BCUT2D eigenvalue weighted by Gasteiger charge is -2.30. The number of nitrogens with zero attached hydrogens (tertiary/aromatic N) is 2. The number of aliphatic imine (C=N–C) groups is 2. The van der Waals surface area contributed by atoms with E-state index in [1.165, 1.54) is 22.2 Å². The first kappa shape index (κ1) is 26.4. The third-order valence-corrected chi connectivity index (χ3v) is 9.12. The molecule has 0 spiro atoms. The number of ether oxygens (including phenoxy) is 3. The third-order valence-electron chi connectivity index (χ3n) is 9.12. The van der Waals surface area contributed by atoms with Crippen LogP contribution in [0.25, 0.3) is 10.9 Å². The number of methoxy groups -OCH3 is 3. The number of anilines is 1. The lowest BCUT2D eigenvalue weighted by atomic mass is 9.80. The number of aromatic hydroxyl groups is 1. The van der Waals surface area contributed by atoms with Crippen LogP contribution in [0.1, 0.15) is 53.5 Å². The molecule has 7 rings (SSSR count). The van der Waals surface area contributed by atoms with Gasteiger partial charge in [-0.05, 0) is 78.6 Å². The van der Waals surface area contributed by atoms with Gasteiger partial charge in [0.15, 0.2) is 11.5 Å². The second-order valence-corrected chi connectivity index (χ2v) is 11.3. The van der Waals surface area contributed by atoms with Crippen molar-refractivity contribution < 1.29 is 19.3 Å². The molecule has 8 heteroatoms. The molecule has 4 aromatic rings. The molecule has 0 radical (unpaired) electrons. The summed E-state index contributed by atoms with van der Waals surface area (Å²) in [5, 5.41) is 15.4. The molecule has 0 amide bonds. The van der Waals surface area contributed by atoms with Crippen molar-refractivity contribution in [1.82, 2.24) is 4.98 Å². The summed E-state index contributed by atoms with van der Waals surface area (Å²) < 4.78 is 16.5. The summed E-state index contributed by atoms with van der Waals surface area (Å²) in [7, 11) is 4.99. The minimum Gasteiger partial charge on any atom is -0.504 e. The summed E-state index contributed by atoms with van der Waals surface area (Å²) in [6.45, 7) is 1.57. The molecule has 0 bridgehead atoms. The molecule has 0 saturated carbocycles. The van der Waals surface area contributed by atoms with Crippen LogP contribution >= 0.6 is 0 Å². The Kier molecular flexibility index (Phi) is 6.76. The first-order valence-electron chi connectivity index (χ1n) is 14.6. The van der Waals surface area contributed by atoms with Crippen LogP contribution in [0, 0.1) is 0 Å².